The van der Waals surface area contributed by atoms with Crippen LogP contribution in [0.4, 0.5) is 0 Å². The SMILES string of the molecule is CCCc1ccc(C(C)(NCC2CC2)C(=O)OCC)cc1. The van der Waals surface area contributed by atoms with Crippen molar-refractivity contribution in [1.82, 2.24) is 5.32 Å². The number of nitrogens with one attached hydrogen (secondary N) is 1. The third-order valence-electron chi connectivity index (χ3n) is 4.19. The van der Waals surface area contributed by atoms with Gasteiger partial charge in [0.2, 0.25) is 0 Å². The normalized spacial score (nSPS) is 17.3. The molecule has 116 valence electrons. The van der Waals surface area contributed by atoms with Crippen molar-refractivity contribution in [3.05, 3.63) is 35.4 Å². The summed E-state index contributed by atoms with van der Waals surface area (Å²) in [7, 11) is 0. The quantitative estimate of drug-likeness (QED) is 0.745. The van der Waals surface area contributed by atoms with Crippen molar-refractivity contribution in [2.24, 2.45) is 5.92 Å². The number of ether oxygens (including phenoxy) is 1. The van der Waals surface area contributed by atoms with E-state index in [1.165, 1.54) is 18.4 Å². The minimum absolute atomic E-state index is 0.186. The van der Waals surface area contributed by atoms with Crippen LogP contribution in [-0.4, -0.2) is 19.1 Å². The summed E-state index contributed by atoms with van der Waals surface area (Å²) in [5.41, 5.74) is 1.56. The van der Waals surface area contributed by atoms with Crippen LogP contribution in [0.3, 0.4) is 0 Å². The number of hydrogen-bond donors (Lipinski definition) is 1. The number of hydrogen-bond acceptors (Lipinski definition) is 3. The predicted octanol–water partition coefficient (Wildman–Crippen LogP) is 3.42. The van der Waals surface area contributed by atoms with Crippen LogP contribution in [0.5, 0.6) is 0 Å². The van der Waals surface area contributed by atoms with Gasteiger partial charge < -0.3 is 4.74 Å². The molecule has 0 radical (unpaired) electrons. The zero-order chi connectivity index (χ0) is 15.3. The zero-order valence-electron chi connectivity index (χ0n) is 13.4. The van der Waals surface area contributed by atoms with Crippen LogP contribution >= 0.6 is 0 Å². The summed E-state index contributed by atoms with van der Waals surface area (Å²) < 4.78 is 5.29. The van der Waals surface area contributed by atoms with E-state index in [1.54, 1.807) is 0 Å². The first-order valence-electron chi connectivity index (χ1n) is 8.11. The fourth-order valence-electron chi connectivity index (χ4n) is 2.53. The first-order chi connectivity index (χ1) is 10.1. The van der Waals surface area contributed by atoms with Gasteiger partial charge in [0.05, 0.1) is 6.61 Å². The molecule has 1 fully saturated rings. The number of aryl methyl sites for hydroxylation is 1. The zero-order valence-corrected chi connectivity index (χ0v) is 13.4. The molecule has 0 aromatic heterocycles. The highest BCUT2D eigenvalue weighted by molar-refractivity contribution is 5.82. The lowest BCUT2D eigenvalue weighted by molar-refractivity contribution is -0.151. The van der Waals surface area contributed by atoms with Crippen molar-refractivity contribution in [3.63, 3.8) is 0 Å². The molecular weight excluding hydrogens is 262 g/mol. The molecule has 21 heavy (non-hydrogen) atoms. The molecule has 1 saturated carbocycles. The standard InChI is InChI=1S/C18H27NO2/c1-4-6-14-9-11-16(12-10-14)18(3,17(20)21-5-2)19-13-15-7-8-15/h9-12,15,19H,4-8,13H2,1-3H3. The molecule has 0 amide bonds. The summed E-state index contributed by atoms with van der Waals surface area (Å²) in [6.07, 6.45) is 4.74. The van der Waals surface area contributed by atoms with E-state index < -0.39 is 5.54 Å². The summed E-state index contributed by atoms with van der Waals surface area (Å²) in [5, 5.41) is 3.44. The van der Waals surface area contributed by atoms with Gasteiger partial charge in [0.1, 0.15) is 5.54 Å². The Hall–Kier alpha value is -1.35. The van der Waals surface area contributed by atoms with E-state index in [9.17, 15) is 4.79 Å². The highest BCUT2D eigenvalue weighted by Gasteiger charge is 2.38. The lowest BCUT2D eigenvalue weighted by Gasteiger charge is -2.29. The fourth-order valence-corrected chi connectivity index (χ4v) is 2.53. The summed E-state index contributed by atoms with van der Waals surface area (Å²) in [5.74, 6) is 0.534. The van der Waals surface area contributed by atoms with E-state index >= 15 is 0 Å². The Balaban J connectivity index is 2.17. The van der Waals surface area contributed by atoms with Crippen molar-refractivity contribution >= 4 is 5.97 Å². The second-order valence-corrected chi connectivity index (χ2v) is 6.12. The molecule has 1 aliphatic carbocycles. The smallest absolute Gasteiger partial charge is 0.330 e. The van der Waals surface area contributed by atoms with Gasteiger partial charge in [-0.15, -0.1) is 0 Å². The van der Waals surface area contributed by atoms with Crippen molar-refractivity contribution in [1.29, 1.82) is 0 Å². The van der Waals surface area contributed by atoms with Crippen LogP contribution in [0.2, 0.25) is 0 Å². The molecule has 2 rings (SSSR count). The maximum atomic E-state index is 12.4. The van der Waals surface area contributed by atoms with Gasteiger partial charge in [-0.2, -0.15) is 0 Å². The molecule has 1 aliphatic rings. The summed E-state index contributed by atoms with van der Waals surface area (Å²) in [6, 6.07) is 8.36. The van der Waals surface area contributed by atoms with Gasteiger partial charge in [-0.3, -0.25) is 5.32 Å². The molecule has 1 aromatic rings. The van der Waals surface area contributed by atoms with Gasteiger partial charge in [0, 0.05) is 0 Å². The van der Waals surface area contributed by atoms with Crippen LogP contribution in [-0.2, 0) is 21.5 Å². The van der Waals surface area contributed by atoms with E-state index in [0.29, 0.717) is 6.61 Å². The molecule has 1 atom stereocenters. The lowest BCUT2D eigenvalue weighted by atomic mass is 9.90. The maximum Gasteiger partial charge on any atom is 0.330 e. The monoisotopic (exact) mass is 289 g/mol. The Kier molecular flexibility index (Phi) is 5.40. The van der Waals surface area contributed by atoms with E-state index in [-0.39, 0.29) is 5.97 Å². The van der Waals surface area contributed by atoms with E-state index in [0.717, 1.165) is 30.9 Å². The van der Waals surface area contributed by atoms with Crippen molar-refractivity contribution in [2.45, 2.75) is 52.0 Å². The van der Waals surface area contributed by atoms with Crippen LogP contribution in [0.1, 0.15) is 51.2 Å². The summed E-state index contributed by atoms with van der Waals surface area (Å²) in [4.78, 5) is 12.4. The van der Waals surface area contributed by atoms with Gasteiger partial charge in [0.15, 0.2) is 0 Å². The van der Waals surface area contributed by atoms with E-state index in [4.69, 9.17) is 4.74 Å². The van der Waals surface area contributed by atoms with Crippen LogP contribution in [0.15, 0.2) is 24.3 Å². The number of carbonyl (C=O) groups is 1. The molecule has 0 heterocycles. The Morgan fingerprint density at radius 2 is 1.95 bits per heavy atom. The molecule has 1 N–H and O–H groups in total. The summed E-state index contributed by atoms with van der Waals surface area (Å²) in [6.45, 7) is 7.25. The largest absolute Gasteiger partial charge is 0.464 e. The molecule has 3 heteroatoms. The topological polar surface area (TPSA) is 38.3 Å². The number of esters is 1. The second kappa shape index (κ2) is 7.08. The molecule has 0 spiro atoms. The predicted molar refractivity (Wildman–Crippen MR) is 85.1 cm³/mol. The average molecular weight is 289 g/mol. The fraction of sp³-hybridized carbons (Fsp3) is 0.611. The lowest BCUT2D eigenvalue weighted by Crippen LogP contribution is -2.48. The Bertz CT molecular complexity index is 465. The minimum Gasteiger partial charge on any atom is -0.464 e. The number of carbonyl (C=O) groups excluding carboxylic acids is 1. The Morgan fingerprint density at radius 3 is 2.48 bits per heavy atom. The minimum atomic E-state index is -0.747. The summed E-state index contributed by atoms with van der Waals surface area (Å²) >= 11 is 0. The Morgan fingerprint density at radius 1 is 1.29 bits per heavy atom. The average Bonchev–Trinajstić information content (AvgIpc) is 3.30. The van der Waals surface area contributed by atoms with Gasteiger partial charge in [0.25, 0.3) is 0 Å². The molecule has 0 saturated heterocycles. The van der Waals surface area contributed by atoms with Gasteiger partial charge >= 0.3 is 5.97 Å². The van der Waals surface area contributed by atoms with Crippen molar-refractivity contribution < 1.29 is 9.53 Å². The molecule has 3 nitrogen and oxygen atoms in total. The van der Waals surface area contributed by atoms with E-state index in [1.807, 2.05) is 13.8 Å². The highest BCUT2D eigenvalue weighted by atomic mass is 16.5. The van der Waals surface area contributed by atoms with Gasteiger partial charge in [-0.25, -0.2) is 4.79 Å². The third kappa shape index (κ3) is 4.07. The van der Waals surface area contributed by atoms with Crippen molar-refractivity contribution in [2.75, 3.05) is 13.2 Å². The van der Waals surface area contributed by atoms with E-state index in [2.05, 4.69) is 36.5 Å². The number of rotatable bonds is 8. The third-order valence-corrected chi connectivity index (χ3v) is 4.19. The first-order valence-corrected chi connectivity index (χ1v) is 8.11. The highest BCUT2D eigenvalue weighted by Crippen LogP contribution is 2.30. The molecule has 0 aliphatic heterocycles. The van der Waals surface area contributed by atoms with Crippen LogP contribution in [0.25, 0.3) is 0 Å². The second-order valence-electron chi connectivity index (χ2n) is 6.12. The number of benzene rings is 1. The Labute approximate surface area is 128 Å². The van der Waals surface area contributed by atoms with Crippen LogP contribution < -0.4 is 5.32 Å². The molecular formula is C18H27NO2. The van der Waals surface area contributed by atoms with Crippen LogP contribution in [0, 0.1) is 5.92 Å². The maximum absolute atomic E-state index is 12.4. The van der Waals surface area contributed by atoms with Gasteiger partial charge in [-0.1, -0.05) is 37.6 Å². The molecule has 0 bridgehead atoms. The molecule has 1 aromatic carbocycles. The van der Waals surface area contributed by atoms with Gasteiger partial charge in [-0.05, 0) is 56.7 Å². The van der Waals surface area contributed by atoms with Crippen molar-refractivity contribution in [3.8, 4) is 0 Å². The molecule has 1 unspecified atom stereocenters. The first kappa shape index (κ1) is 16.0.